The van der Waals surface area contributed by atoms with Gasteiger partial charge >= 0.3 is 5.97 Å². The van der Waals surface area contributed by atoms with Gasteiger partial charge in [-0.2, -0.15) is 0 Å². The van der Waals surface area contributed by atoms with Crippen LogP contribution in [0.1, 0.15) is 46.1 Å². The number of halogens is 1. The van der Waals surface area contributed by atoms with Crippen LogP contribution in [0.15, 0.2) is 34.7 Å². The van der Waals surface area contributed by atoms with E-state index in [1.54, 1.807) is 17.9 Å². The molecule has 1 N–H and O–H groups in total. The second-order valence-corrected chi connectivity index (χ2v) is 5.42. The van der Waals surface area contributed by atoms with Crippen molar-refractivity contribution in [1.29, 1.82) is 0 Å². The zero-order valence-electron chi connectivity index (χ0n) is 13.0. The average Bonchev–Trinajstić information content (AvgIpc) is 2.98. The summed E-state index contributed by atoms with van der Waals surface area (Å²) in [6.07, 6.45) is 0.408. The second-order valence-electron chi connectivity index (χ2n) is 5.02. The molecule has 0 spiro atoms. The van der Waals surface area contributed by atoms with Gasteiger partial charge in [0.25, 0.3) is 5.91 Å². The van der Waals surface area contributed by atoms with Gasteiger partial charge in [-0.25, -0.2) is 4.79 Å². The minimum Gasteiger partial charge on any atom is -0.478 e. The number of hydrogen-bond acceptors (Lipinski definition) is 3. The summed E-state index contributed by atoms with van der Waals surface area (Å²) in [4.78, 5) is 25.3. The summed E-state index contributed by atoms with van der Waals surface area (Å²) in [6.45, 7) is 4.41. The molecule has 0 radical (unpaired) electrons. The molecular weight excluding hydrogens is 318 g/mol. The molecule has 2 rings (SSSR count). The molecule has 1 amide bonds. The van der Waals surface area contributed by atoms with E-state index in [4.69, 9.17) is 21.1 Å². The summed E-state index contributed by atoms with van der Waals surface area (Å²) in [5.74, 6) is -1.11. The van der Waals surface area contributed by atoms with E-state index < -0.39 is 5.97 Å². The normalized spacial score (nSPS) is 10.6. The van der Waals surface area contributed by atoms with Crippen molar-refractivity contribution in [1.82, 2.24) is 4.90 Å². The Morgan fingerprint density at radius 2 is 1.96 bits per heavy atom. The lowest BCUT2D eigenvalue weighted by molar-refractivity contribution is 0.0690. The first-order chi connectivity index (χ1) is 11.0. The Morgan fingerprint density at radius 3 is 2.48 bits per heavy atom. The number of rotatable bonds is 6. The Kier molecular flexibility index (Phi) is 5.45. The number of nitrogens with zero attached hydrogens (tertiary/aromatic N) is 1. The quantitative estimate of drug-likeness (QED) is 0.870. The molecular formula is C17H18ClNO4. The number of furan rings is 1. The van der Waals surface area contributed by atoms with Crippen LogP contribution in [-0.4, -0.2) is 28.4 Å². The van der Waals surface area contributed by atoms with Gasteiger partial charge in [0.15, 0.2) is 5.76 Å². The van der Waals surface area contributed by atoms with Crippen molar-refractivity contribution in [2.75, 3.05) is 6.54 Å². The smallest absolute Gasteiger partial charge is 0.339 e. The van der Waals surface area contributed by atoms with Crippen molar-refractivity contribution < 1.29 is 19.1 Å². The Bertz CT molecular complexity index is 723. The molecule has 0 aliphatic rings. The first kappa shape index (κ1) is 17.1. The highest BCUT2D eigenvalue weighted by Crippen LogP contribution is 2.21. The number of aryl methyl sites for hydroxylation is 1. The van der Waals surface area contributed by atoms with Crippen LogP contribution in [0.4, 0.5) is 0 Å². The predicted molar refractivity (Wildman–Crippen MR) is 86.9 cm³/mol. The highest BCUT2D eigenvalue weighted by atomic mass is 35.5. The van der Waals surface area contributed by atoms with E-state index in [-0.39, 0.29) is 17.2 Å². The van der Waals surface area contributed by atoms with Crippen molar-refractivity contribution in [3.63, 3.8) is 0 Å². The molecule has 1 aromatic carbocycles. The maximum absolute atomic E-state index is 12.6. The second kappa shape index (κ2) is 7.33. The molecule has 2 aromatic rings. The molecule has 0 bridgehead atoms. The number of benzene rings is 1. The summed E-state index contributed by atoms with van der Waals surface area (Å²) >= 11 is 6.13. The van der Waals surface area contributed by atoms with Crippen molar-refractivity contribution in [2.45, 2.75) is 26.8 Å². The van der Waals surface area contributed by atoms with Gasteiger partial charge in [-0.3, -0.25) is 4.79 Å². The number of carbonyl (C=O) groups is 2. The number of aromatic carboxylic acids is 1. The summed E-state index contributed by atoms with van der Waals surface area (Å²) in [7, 11) is 0. The molecule has 0 aliphatic heterocycles. The van der Waals surface area contributed by atoms with Crippen LogP contribution in [0.3, 0.4) is 0 Å². The van der Waals surface area contributed by atoms with Crippen LogP contribution in [0, 0.1) is 0 Å². The molecule has 0 saturated carbocycles. The third kappa shape index (κ3) is 3.74. The Balaban J connectivity index is 2.26. The molecule has 0 atom stereocenters. The molecule has 0 unspecified atom stereocenters. The van der Waals surface area contributed by atoms with Crippen LogP contribution >= 0.6 is 11.6 Å². The van der Waals surface area contributed by atoms with Gasteiger partial charge in [0, 0.05) is 30.6 Å². The minimum absolute atomic E-state index is 0.0321. The van der Waals surface area contributed by atoms with Gasteiger partial charge in [0.2, 0.25) is 0 Å². The summed E-state index contributed by atoms with van der Waals surface area (Å²) < 4.78 is 5.43. The Morgan fingerprint density at radius 1 is 1.26 bits per heavy atom. The number of carboxylic acid groups (broad SMARTS) is 1. The molecule has 0 fully saturated rings. The zero-order chi connectivity index (χ0) is 17.0. The minimum atomic E-state index is -1.10. The van der Waals surface area contributed by atoms with Gasteiger partial charge in [-0.15, -0.1) is 0 Å². The molecule has 122 valence electrons. The van der Waals surface area contributed by atoms with Gasteiger partial charge in [-0.05, 0) is 18.6 Å². The predicted octanol–water partition coefficient (Wildman–Crippen LogP) is 3.86. The van der Waals surface area contributed by atoms with Crippen LogP contribution in [0.25, 0.3) is 0 Å². The van der Waals surface area contributed by atoms with Gasteiger partial charge < -0.3 is 14.4 Å². The fraction of sp³-hybridized carbons (Fsp3) is 0.294. The lowest BCUT2D eigenvalue weighted by Crippen LogP contribution is -2.30. The SMILES string of the molecule is CCc1oc(C(=O)N(CC)Cc2ccccc2Cl)cc1C(=O)O. The van der Waals surface area contributed by atoms with Crippen LogP contribution in [0.5, 0.6) is 0 Å². The van der Waals surface area contributed by atoms with Crippen molar-refractivity contribution >= 4 is 23.5 Å². The van der Waals surface area contributed by atoms with Crippen LogP contribution in [0.2, 0.25) is 5.02 Å². The summed E-state index contributed by atoms with van der Waals surface area (Å²) in [6, 6.07) is 8.58. The fourth-order valence-electron chi connectivity index (χ4n) is 2.29. The van der Waals surface area contributed by atoms with Gasteiger partial charge in [0.1, 0.15) is 11.3 Å². The number of hydrogen-bond donors (Lipinski definition) is 1. The maximum atomic E-state index is 12.6. The zero-order valence-corrected chi connectivity index (χ0v) is 13.8. The van der Waals surface area contributed by atoms with Crippen LogP contribution < -0.4 is 0 Å². The number of carbonyl (C=O) groups excluding carboxylic acids is 1. The van der Waals surface area contributed by atoms with Crippen molar-refractivity contribution in [2.24, 2.45) is 0 Å². The van der Waals surface area contributed by atoms with E-state index in [0.29, 0.717) is 30.3 Å². The first-order valence-corrected chi connectivity index (χ1v) is 7.74. The molecule has 0 saturated heterocycles. The molecule has 5 nitrogen and oxygen atoms in total. The Labute approximate surface area is 139 Å². The maximum Gasteiger partial charge on any atom is 0.339 e. The van der Waals surface area contributed by atoms with Gasteiger partial charge in [-0.1, -0.05) is 36.7 Å². The van der Waals surface area contributed by atoms with Gasteiger partial charge in [0.05, 0.1) is 0 Å². The van der Waals surface area contributed by atoms with Crippen LogP contribution in [-0.2, 0) is 13.0 Å². The number of carboxylic acids is 1. The van der Waals surface area contributed by atoms with E-state index >= 15 is 0 Å². The topological polar surface area (TPSA) is 70.8 Å². The molecule has 1 heterocycles. The molecule has 1 aromatic heterocycles. The largest absolute Gasteiger partial charge is 0.478 e. The van der Waals surface area contributed by atoms with E-state index in [1.165, 1.54) is 6.07 Å². The number of amides is 1. The monoisotopic (exact) mass is 335 g/mol. The van der Waals surface area contributed by atoms with E-state index in [9.17, 15) is 9.59 Å². The van der Waals surface area contributed by atoms with Crippen molar-refractivity contribution in [3.05, 3.63) is 58.0 Å². The van der Waals surface area contributed by atoms with E-state index in [0.717, 1.165) is 5.56 Å². The van der Waals surface area contributed by atoms with E-state index in [2.05, 4.69) is 0 Å². The lowest BCUT2D eigenvalue weighted by atomic mass is 10.2. The summed E-state index contributed by atoms with van der Waals surface area (Å²) in [5.41, 5.74) is 0.856. The molecule has 0 aliphatic carbocycles. The standard InChI is InChI=1S/C17H18ClNO4/c1-3-14-12(17(21)22)9-15(23-14)16(20)19(4-2)10-11-7-5-6-8-13(11)18/h5-9H,3-4,10H2,1-2H3,(H,21,22). The molecule has 6 heteroatoms. The third-order valence-electron chi connectivity index (χ3n) is 3.56. The lowest BCUT2D eigenvalue weighted by Gasteiger charge is -2.20. The Hall–Kier alpha value is -2.27. The highest BCUT2D eigenvalue weighted by molar-refractivity contribution is 6.31. The van der Waals surface area contributed by atoms with E-state index in [1.807, 2.05) is 25.1 Å². The third-order valence-corrected chi connectivity index (χ3v) is 3.93. The average molecular weight is 336 g/mol. The fourth-order valence-corrected chi connectivity index (χ4v) is 2.49. The van der Waals surface area contributed by atoms with Crippen molar-refractivity contribution in [3.8, 4) is 0 Å². The molecule has 23 heavy (non-hydrogen) atoms. The highest BCUT2D eigenvalue weighted by Gasteiger charge is 2.23. The first-order valence-electron chi connectivity index (χ1n) is 7.36. The summed E-state index contributed by atoms with van der Waals surface area (Å²) in [5, 5.41) is 9.74.